The van der Waals surface area contributed by atoms with Gasteiger partial charge in [0.2, 0.25) is 0 Å². The van der Waals surface area contributed by atoms with Crippen molar-refractivity contribution in [2.45, 2.75) is 53.2 Å². The van der Waals surface area contributed by atoms with E-state index in [0.29, 0.717) is 5.56 Å². The Morgan fingerprint density at radius 1 is 1.27 bits per heavy atom. The van der Waals surface area contributed by atoms with Gasteiger partial charge >= 0.3 is 17.6 Å². The molecule has 0 aliphatic heterocycles. The Kier molecular flexibility index (Phi) is 5.41. The van der Waals surface area contributed by atoms with E-state index in [1.54, 1.807) is 34.6 Å². The minimum absolute atomic E-state index is 0.188. The van der Waals surface area contributed by atoms with Gasteiger partial charge in [0.25, 0.3) is 5.56 Å². The smallest absolute Gasteiger partial charge is 0.348 e. The van der Waals surface area contributed by atoms with E-state index in [1.165, 1.54) is 6.92 Å². The third kappa shape index (κ3) is 3.72. The normalized spacial score (nSPS) is 12.8. The zero-order chi connectivity index (χ0) is 19.8. The summed E-state index contributed by atoms with van der Waals surface area (Å²) >= 11 is 0.980. The maximum atomic E-state index is 12.9. The van der Waals surface area contributed by atoms with Crippen LogP contribution in [-0.2, 0) is 14.3 Å². The second-order valence-electron chi connectivity index (χ2n) is 6.80. The average molecular weight is 382 g/mol. The van der Waals surface area contributed by atoms with E-state index in [1.807, 2.05) is 0 Å². The second kappa shape index (κ2) is 7.06. The summed E-state index contributed by atoms with van der Waals surface area (Å²) in [6, 6.07) is -1.11. The van der Waals surface area contributed by atoms with Gasteiger partial charge in [-0.05, 0) is 47.1 Å². The number of nitrogens with one attached hydrogen (secondary N) is 1. The fraction of sp³-hybridized carbons (Fsp3) is 0.529. The Morgan fingerprint density at radius 3 is 2.42 bits per heavy atom. The van der Waals surface area contributed by atoms with Gasteiger partial charge in [0.15, 0.2) is 0 Å². The molecule has 2 heterocycles. The Hall–Kier alpha value is -2.42. The predicted octanol–water partition coefficient (Wildman–Crippen LogP) is 2.14. The number of nitrogens with zero attached hydrogens (tertiary/aromatic N) is 1. The molecule has 26 heavy (non-hydrogen) atoms. The molecular formula is C17H22N2O6S. The molecule has 2 aromatic rings. The number of aromatic nitrogens is 2. The lowest BCUT2D eigenvalue weighted by molar-refractivity contribution is -0.158. The molecule has 0 aliphatic carbocycles. The quantitative estimate of drug-likeness (QED) is 0.812. The molecule has 1 N–H and O–H groups in total. The molecule has 1 unspecified atom stereocenters. The van der Waals surface area contributed by atoms with Gasteiger partial charge in [-0.2, -0.15) is 0 Å². The zero-order valence-corrected chi connectivity index (χ0v) is 16.4. The second-order valence-corrected chi connectivity index (χ2v) is 7.82. The monoisotopic (exact) mass is 382 g/mol. The number of thiophene rings is 1. The van der Waals surface area contributed by atoms with Crippen molar-refractivity contribution in [2.24, 2.45) is 0 Å². The number of hydrogen-bond acceptors (Lipinski definition) is 7. The fourth-order valence-electron chi connectivity index (χ4n) is 2.46. The van der Waals surface area contributed by atoms with Crippen molar-refractivity contribution < 1.29 is 19.1 Å². The van der Waals surface area contributed by atoms with Crippen molar-refractivity contribution in [3.8, 4) is 0 Å². The van der Waals surface area contributed by atoms with E-state index in [9.17, 15) is 19.2 Å². The molecule has 0 aromatic carbocycles. The molecular weight excluding hydrogens is 360 g/mol. The highest BCUT2D eigenvalue weighted by Crippen LogP contribution is 2.27. The topological polar surface area (TPSA) is 107 Å². The van der Waals surface area contributed by atoms with Gasteiger partial charge in [-0.25, -0.2) is 19.0 Å². The lowest BCUT2D eigenvalue weighted by Gasteiger charge is -2.22. The highest BCUT2D eigenvalue weighted by atomic mass is 32.1. The van der Waals surface area contributed by atoms with Crippen LogP contribution in [0.3, 0.4) is 0 Å². The maximum absolute atomic E-state index is 12.9. The van der Waals surface area contributed by atoms with Crippen LogP contribution < -0.4 is 11.2 Å². The van der Waals surface area contributed by atoms with E-state index >= 15 is 0 Å². The number of esters is 2. The standard InChI is InChI=1S/C17H22N2O6S/c1-7-24-15(22)11-8(2)10-12(26-11)18-16(23)19(13(10)20)9(3)14(21)25-17(4,5)6/h9H,7H2,1-6H3,(H,18,23). The number of H-pyrrole nitrogens is 1. The van der Waals surface area contributed by atoms with Crippen molar-refractivity contribution in [3.05, 3.63) is 31.3 Å². The lowest BCUT2D eigenvalue weighted by Crippen LogP contribution is -2.41. The molecule has 0 amide bonds. The first-order valence-corrected chi connectivity index (χ1v) is 8.97. The summed E-state index contributed by atoms with van der Waals surface area (Å²) < 4.78 is 11.0. The molecule has 1 atom stereocenters. The van der Waals surface area contributed by atoms with Gasteiger partial charge in [-0.3, -0.25) is 9.78 Å². The summed E-state index contributed by atoms with van der Waals surface area (Å²) in [6.45, 7) is 9.99. The molecule has 0 saturated heterocycles. The number of carbonyl (C=O) groups is 2. The number of hydrogen-bond donors (Lipinski definition) is 1. The first-order valence-electron chi connectivity index (χ1n) is 8.15. The van der Waals surface area contributed by atoms with Gasteiger partial charge in [-0.1, -0.05) is 0 Å². The molecule has 2 rings (SSSR count). The highest BCUT2D eigenvalue weighted by molar-refractivity contribution is 7.20. The Bertz CT molecular complexity index is 976. The number of fused-ring (bicyclic) bond motifs is 1. The summed E-state index contributed by atoms with van der Waals surface area (Å²) in [6.07, 6.45) is 0. The number of carbonyl (C=O) groups excluding carboxylic acids is 2. The third-order valence-corrected chi connectivity index (χ3v) is 4.80. The van der Waals surface area contributed by atoms with E-state index < -0.39 is 34.8 Å². The van der Waals surface area contributed by atoms with Gasteiger partial charge in [-0.15, -0.1) is 11.3 Å². The van der Waals surface area contributed by atoms with Crippen LogP contribution in [0, 0.1) is 6.92 Å². The molecule has 0 fully saturated rings. The van der Waals surface area contributed by atoms with E-state index in [2.05, 4.69) is 4.98 Å². The molecule has 0 aliphatic rings. The average Bonchev–Trinajstić information content (AvgIpc) is 2.82. The van der Waals surface area contributed by atoms with Crippen LogP contribution in [0.5, 0.6) is 0 Å². The Morgan fingerprint density at radius 2 is 1.88 bits per heavy atom. The maximum Gasteiger partial charge on any atom is 0.348 e. The number of aryl methyl sites for hydroxylation is 1. The number of aromatic amines is 1. The van der Waals surface area contributed by atoms with Crippen molar-refractivity contribution >= 4 is 33.5 Å². The summed E-state index contributed by atoms with van der Waals surface area (Å²) in [5.74, 6) is -1.25. The molecule has 0 radical (unpaired) electrons. The Balaban J connectivity index is 2.61. The lowest BCUT2D eigenvalue weighted by atomic mass is 10.2. The van der Waals surface area contributed by atoms with Gasteiger partial charge < -0.3 is 9.47 Å². The van der Waals surface area contributed by atoms with Crippen LogP contribution >= 0.6 is 11.3 Å². The van der Waals surface area contributed by atoms with Crippen LogP contribution in [0.1, 0.15) is 55.9 Å². The van der Waals surface area contributed by atoms with Gasteiger partial charge in [0.05, 0.1) is 12.0 Å². The number of ether oxygens (including phenoxy) is 2. The summed E-state index contributed by atoms with van der Waals surface area (Å²) in [7, 11) is 0. The van der Waals surface area contributed by atoms with Crippen molar-refractivity contribution in [1.29, 1.82) is 0 Å². The van der Waals surface area contributed by atoms with E-state index in [4.69, 9.17) is 9.47 Å². The molecule has 2 aromatic heterocycles. The van der Waals surface area contributed by atoms with Crippen LogP contribution in [-0.4, -0.2) is 33.7 Å². The summed E-state index contributed by atoms with van der Waals surface area (Å²) in [5, 5.41) is 0.188. The minimum Gasteiger partial charge on any atom is -0.462 e. The third-order valence-electron chi connectivity index (χ3n) is 3.61. The molecule has 0 saturated carbocycles. The zero-order valence-electron chi connectivity index (χ0n) is 15.6. The van der Waals surface area contributed by atoms with Crippen molar-refractivity contribution in [2.75, 3.05) is 6.61 Å². The van der Waals surface area contributed by atoms with Crippen molar-refractivity contribution in [3.63, 3.8) is 0 Å². The van der Waals surface area contributed by atoms with Crippen LogP contribution in [0.4, 0.5) is 0 Å². The fourth-order valence-corrected chi connectivity index (χ4v) is 3.55. The molecule has 0 bridgehead atoms. The largest absolute Gasteiger partial charge is 0.462 e. The summed E-state index contributed by atoms with van der Waals surface area (Å²) in [4.78, 5) is 52.6. The van der Waals surface area contributed by atoms with Gasteiger partial charge in [0.1, 0.15) is 21.4 Å². The molecule has 8 nitrogen and oxygen atoms in total. The van der Waals surface area contributed by atoms with Crippen LogP contribution in [0.25, 0.3) is 10.2 Å². The van der Waals surface area contributed by atoms with Crippen LogP contribution in [0.15, 0.2) is 9.59 Å². The molecule has 9 heteroatoms. The van der Waals surface area contributed by atoms with Crippen molar-refractivity contribution in [1.82, 2.24) is 9.55 Å². The first kappa shape index (κ1) is 19.9. The Labute approximate surface area is 153 Å². The first-order chi connectivity index (χ1) is 12.0. The minimum atomic E-state index is -1.11. The van der Waals surface area contributed by atoms with Gasteiger partial charge in [0, 0.05) is 0 Å². The summed E-state index contributed by atoms with van der Waals surface area (Å²) in [5.41, 5.74) is -1.72. The molecule has 142 valence electrons. The highest BCUT2D eigenvalue weighted by Gasteiger charge is 2.28. The van der Waals surface area contributed by atoms with Crippen LogP contribution in [0.2, 0.25) is 0 Å². The predicted molar refractivity (Wildman–Crippen MR) is 98.0 cm³/mol. The molecule has 0 spiro atoms. The van der Waals surface area contributed by atoms with E-state index in [-0.39, 0.29) is 21.7 Å². The number of rotatable bonds is 4. The SMILES string of the molecule is CCOC(=O)c1sc2[nH]c(=O)n(C(C)C(=O)OC(C)(C)C)c(=O)c2c1C. The van der Waals surface area contributed by atoms with E-state index in [0.717, 1.165) is 15.9 Å².